The number of carbonyl (C=O) groups is 1. The number of furan rings is 1. The third kappa shape index (κ3) is 1.60. The number of primary amides is 1. The summed E-state index contributed by atoms with van der Waals surface area (Å²) in [5.41, 5.74) is 8.10. The Labute approximate surface area is 101 Å². The van der Waals surface area contributed by atoms with E-state index in [0.29, 0.717) is 11.1 Å². The van der Waals surface area contributed by atoms with E-state index in [2.05, 4.69) is 15.0 Å². The molecule has 88 valence electrons. The second-order valence-corrected chi connectivity index (χ2v) is 3.71. The highest BCUT2D eigenvalue weighted by molar-refractivity contribution is 6.03. The topological polar surface area (TPSA) is 94.9 Å². The Bertz CT molecular complexity index is 721. The van der Waals surface area contributed by atoms with Gasteiger partial charge in [0.2, 0.25) is 0 Å². The van der Waals surface area contributed by atoms with E-state index in [0.717, 1.165) is 11.1 Å². The van der Waals surface area contributed by atoms with Crippen LogP contribution in [0.5, 0.6) is 0 Å². The van der Waals surface area contributed by atoms with Crippen molar-refractivity contribution < 1.29 is 9.21 Å². The smallest absolute Gasteiger partial charge is 0.254 e. The van der Waals surface area contributed by atoms with E-state index < -0.39 is 5.91 Å². The van der Waals surface area contributed by atoms with Gasteiger partial charge in [-0.1, -0.05) is 0 Å². The van der Waals surface area contributed by atoms with E-state index >= 15 is 0 Å². The molecular weight excluding hydrogens is 232 g/mol. The van der Waals surface area contributed by atoms with E-state index in [1.807, 2.05) is 0 Å². The molecule has 3 heterocycles. The summed E-state index contributed by atoms with van der Waals surface area (Å²) in [6.45, 7) is 0. The van der Waals surface area contributed by atoms with Crippen molar-refractivity contribution >= 4 is 17.0 Å². The first-order valence-corrected chi connectivity index (χ1v) is 5.18. The Morgan fingerprint density at radius 2 is 1.94 bits per heavy atom. The lowest BCUT2D eigenvalue weighted by Crippen LogP contribution is -2.10. The minimum atomic E-state index is -0.558. The van der Waals surface area contributed by atoms with Gasteiger partial charge in [-0.3, -0.25) is 9.78 Å². The molecule has 0 saturated carbocycles. The van der Waals surface area contributed by atoms with Gasteiger partial charge in [0.05, 0.1) is 0 Å². The molecule has 0 aromatic carbocycles. The molecule has 0 aliphatic heterocycles. The lowest BCUT2D eigenvalue weighted by Gasteiger charge is -1.99. The van der Waals surface area contributed by atoms with Gasteiger partial charge in [0.25, 0.3) is 5.91 Å². The lowest BCUT2D eigenvalue weighted by molar-refractivity contribution is 0.100. The highest BCUT2D eigenvalue weighted by atomic mass is 16.3. The molecule has 0 radical (unpaired) electrons. The molecule has 1 amide bonds. The normalized spacial score (nSPS) is 10.7. The first-order valence-electron chi connectivity index (χ1n) is 5.18. The summed E-state index contributed by atoms with van der Waals surface area (Å²) in [4.78, 5) is 23.2. The van der Waals surface area contributed by atoms with Crippen LogP contribution < -0.4 is 5.73 Å². The van der Waals surface area contributed by atoms with Gasteiger partial charge in [-0.05, 0) is 6.07 Å². The van der Waals surface area contributed by atoms with Crippen molar-refractivity contribution in [1.82, 2.24) is 15.0 Å². The number of nitrogens with zero attached hydrogens (tertiary/aromatic N) is 3. The van der Waals surface area contributed by atoms with Crippen molar-refractivity contribution in [2.24, 2.45) is 5.73 Å². The van der Waals surface area contributed by atoms with Gasteiger partial charge < -0.3 is 10.2 Å². The summed E-state index contributed by atoms with van der Waals surface area (Å²) in [5.74, 6) is -0.558. The van der Waals surface area contributed by atoms with Crippen LogP contribution in [0, 0.1) is 0 Å². The third-order valence-electron chi connectivity index (χ3n) is 2.57. The van der Waals surface area contributed by atoms with Crippen LogP contribution in [0.15, 0.2) is 41.7 Å². The van der Waals surface area contributed by atoms with Gasteiger partial charge in [0, 0.05) is 29.7 Å². The Balaban J connectivity index is 2.16. The summed E-state index contributed by atoms with van der Waals surface area (Å²) >= 11 is 0. The van der Waals surface area contributed by atoms with Gasteiger partial charge >= 0.3 is 0 Å². The molecule has 0 aliphatic rings. The van der Waals surface area contributed by atoms with Crippen LogP contribution in [0.4, 0.5) is 0 Å². The minimum Gasteiger partial charge on any atom is -0.462 e. The lowest BCUT2D eigenvalue weighted by atomic mass is 10.1. The van der Waals surface area contributed by atoms with Crippen LogP contribution >= 0.6 is 0 Å². The first-order chi connectivity index (χ1) is 8.75. The molecular formula is C12H8N4O2. The monoisotopic (exact) mass is 240 g/mol. The van der Waals surface area contributed by atoms with Crippen molar-refractivity contribution in [3.05, 3.63) is 42.8 Å². The molecule has 0 atom stereocenters. The summed E-state index contributed by atoms with van der Waals surface area (Å²) in [7, 11) is 0. The van der Waals surface area contributed by atoms with Crippen LogP contribution in [0.3, 0.4) is 0 Å². The van der Waals surface area contributed by atoms with Crippen molar-refractivity contribution in [3.8, 4) is 11.1 Å². The van der Waals surface area contributed by atoms with Gasteiger partial charge in [0.15, 0.2) is 5.58 Å². The highest BCUT2D eigenvalue weighted by Crippen LogP contribution is 2.24. The van der Waals surface area contributed by atoms with E-state index in [-0.39, 0.29) is 5.56 Å². The van der Waals surface area contributed by atoms with Crippen molar-refractivity contribution in [2.45, 2.75) is 0 Å². The Kier molecular flexibility index (Phi) is 2.26. The van der Waals surface area contributed by atoms with Crippen LogP contribution in [0.2, 0.25) is 0 Å². The van der Waals surface area contributed by atoms with E-state index in [1.54, 1.807) is 24.7 Å². The van der Waals surface area contributed by atoms with E-state index in [9.17, 15) is 4.79 Å². The molecule has 0 fully saturated rings. The molecule has 2 N–H and O–H groups in total. The molecule has 3 aromatic heterocycles. The second kappa shape index (κ2) is 3.92. The summed E-state index contributed by atoms with van der Waals surface area (Å²) < 4.78 is 5.27. The van der Waals surface area contributed by atoms with E-state index in [1.165, 1.54) is 12.6 Å². The number of rotatable bonds is 2. The molecule has 0 saturated heterocycles. The fourth-order valence-electron chi connectivity index (χ4n) is 1.70. The fraction of sp³-hybridized carbons (Fsp3) is 0. The Morgan fingerprint density at radius 3 is 2.67 bits per heavy atom. The zero-order valence-electron chi connectivity index (χ0n) is 9.20. The van der Waals surface area contributed by atoms with Crippen molar-refractivity contribution in [2.75, 3.05) is 0 Å². The molecule has 6 nitrogen and oxygen atoms in total. The highest BCUT2D eigenvalue weighted by Gasteiger charge is 2.12. The molecule has 0 aliphatic carbocycles. The fourth-order valence-corrected chi connectivity index (χ4v) is 1.70. The molecule has 3 aromatic rings. The number of aromatic nitrogens is 3. The number of fused-ring (bicyclic) bond motifs is 1. The number of carbonyl (C=O) groups excluding carboxylic acids is 1. The predicted molar refractivity (Wildman–Crippen MR) is 63.6 cm³/mol. The van der Waals surface area contributed by atoms with E-state index in [4.69, 9.17) is 10.2 Å². The SMILES string of the molecule is NC(=O)c1coc2cc(-c3cncnc3)cnc12. The second-order valence-electron chi connectivity index (χ2n) is 3.71. The predicted octanol–water partition coefficient (Wildman–Crippen LogP) is 1.38. The van der Waals surface area contributed by atoms with Crippen LogP contribution in [-0.2, 0) is 0 Å². The van der Waals surface area contributed by atoms with Crippen LogP contribution in [0.1, 0.15) is 10.4 Å². The average Bonchev–Trinajstić information content (AvgIpc) is 2.82. The van der Waals surface area contributed by atoms with Gasteiger partial charge in [-0.2, -0.15) is 0 Å². The average molecular weight is 240 g/mol. The standard InChI is InChI=1S/C12H8N4O2/c13-12(17)9-5-18-10-1-7(4-16-11(9)10)8-2-14-6-15-3-8/h1-6H,(H2,13,17). The number of hydrogen-bond donors (Lipinski definition) is 1. The van der Waals surface area contributed by atoms with Crippen molar-refractivity contribution in [3.63, 3.8) is 0 Å². The maximum atomic E-state index is 11.1. The molecule has 18 heavy (non-hydrogen) atoms. The van der Waals surface area contributed by atoms with Gasteiger partial charge in [0.1, 0.15) is 23.7 Å². The third-order valence-corrected chi connectivity index (χ3v) is 2.57. The Morgan fingerprint density at radius 1 is 1.17 bits per heavy atom. The van der Waals surface area contributed by atoms with Crippen LogP contribution in [0.25, 0.3) is 22.2 Å². The van der Waals surface area contributed by atoms with Gasteiger partial charge in [-0.25, -0.2) is 9.97 Å². The largest absolute Gasteiger partial charge is 0.462 e. The zero-order valence-corrected chi connectivity index (χ0v) is 9.20. The first kappa shape index (κ1) is 10.4. The molecule has 0 bridgehead atoms. The summed E-state index contributed by atoms with van der Waals surface area (Å²) in [6, 6.07) is 1.77. The summed E-state index contributed by atoms with van der Waals surface area (Å²) in [6.07, 6.45) is 7.74. The number of pyridine rings is 1. The molecule has 3 rings (SSSR count). The Hall–Kier alpha value is -2.76. The maximum Gasteiger partial charge on any atom is 0.254 e. The van der Waals surface area contributed by atoms with Crippen LogP contribution in [-0.4, -0.2) is 20.9 Å². The molecule has 6 heteroatoms. The number of nitrogens with two attached hydrogens (primary N) is 1. The molecule has 0 spiro atoms. The zero-order chi connectivity index (χ0) is 12.5. The number of hydrogen-bond acceptors (Lipinski definition) is 5. The minimum absolute atomic E-state index is 0.279. The molecule has 0 unspecified atom stereocenters. The maximum absolute atomic E-state index is 11.1. The van der Waals surface area contributed by atoms with Gasteiger partial charge in [-0.15, -0.1) is 0 Å². The summed E-state index contributed by atoms with van der Waals surface area (Å²) in [5, 5.41) is 0. The van der Waals surface area contributed by atoms with Crippen molar-refractivity contribution in [1.29, 1.82) is 0 Å². The quantitative estimate of drug-likeness (QED) is 0.730. The number of amides is 1.